The monoisotopic (exact) mass is 303 g/mol. The van der Waals surface area contributed by atoms with E-state index >= 15 is 0 Å². The number of ketones is 1. The number of pyridine rings is 1. The van der Waals surface area contributed by atoms with Gasteiger partial charge in [-0.05, 0) is 24.8 Å². The van der Waals surface area contributed by atoms with Crippen LogP contribution in [0, 0.1) is 18.3 Å². The van der Waals surface area contributed by atoms with Gasteiger partial charge in [0.15, 0.2) is 11.7 Å². The fourth-order valence-corrected chi connectivity index (χ4v) is 3.16. The van der Waals surface area contributed by atoms with Crippen molar-refractivity contribution in [2.45, 2.75) is 24.8 Å². The van der Waals surface area contributed by atoms with Crippen LogP contribution in [0.25, 0.3) is 0 Å². The summed E-state index contributed by atoms with van der Waals surface area (Å²) in [5.41, 5.74) is 1.34. The molecular formula is C14H13N3OS2. The first-order valence-corrected chi connectivity index (χ1v) is 7.97. The third kappa shape index (κ3) is 3.24. The van der Waals surface area contributed by atoms with Crippen LogP contribution in [-0.2, 0) is 0 Å². The number of carbonyl (C=O) groups excluding carboxylic acids is 1. The van der Waals surface area contributed by atoms with Crippen LogP contribution in [0.5, 0.6) is 0 Å². The zero-order valence-corrected chi connectivity index (χ0v) is 12.8. The molecule has 0 spiro atoms. The summed E-state index contributed by atoms with van der Waals surface area (Å²) in [4.78, 5) is 20.9. The molecule has 6 heteroatoms. The van der Waals surface area contributed by atoms with Gasteiger partial charge in [0.2, 0.25) is 0 Å². The minimum absolute atomic E-state index is 0.220. The summed E-state index contributed by atoms with van der Waals surface area (Å²) in [6, 6.07) is 5.44. The summed E-state index contributed by atoms with van der Waals surface area (Å²) >= 11 is 2.91. The van der Waals surface area contributed by atoms with Crippen LogP contribution in [-0.4, -0.2) is 21.5 Å². The van der Waals surface area contributed by atoms with Crippen molar-refractivity contribution < 1.29 is 4.79 Å². The van der Waals surface area contributed by atoms with Crippen molar-refractivity contribution in [2.75, 3.05) is 5.75 Å². The minimum Gasteiger partial charge on any atom is -0.292 e. The quantitative estimate of drug-likeness (QED) is 0.625. The Labute approximate surface area is 125 Å². The molecule has 20 heavy (non-hydrogen) atoms. The molecule has 0 amide bonds. The molecule has 2 heterocycles. The van der Waals surface area contributed by atoms with E-state index in [-0.39, 0.29) is 5.78 Å². The maximum Gasteiger partial charge on any atom is 0.187 e. The van der Waals surface area contributed by atoms with Gasteiger partial charge in [0.25, 0.3) is 0 Å². The molecule has 2 rings (SSSR count). The normalized spacial score (nSPS) is 11.8. The molecule has 0 N–H and O–H groups in total. The number of rotatable bonds is 5. The second-order valence-electron chi connectivity index (χ2n) is 4.07. The Morgan fingerprint density at radius 3 is 3.00 bits per heavy atom. The van der Waals surface area contributed by atoms with Crippen molar-refractivity contribution in [3.63, 3.8) is 0 Å². The van der Waals surface area contributed by atoms with Gasteiger partial charge in [0.05, 0.1) is 11.1 Å². The Morgan fingerprint density at radius 2 is 2.40 bits per heavy atom. The summed E-state index contributed by atoms with van der Waals surface area (Å²) in [5.74, 6) is -0.171. The van der Waals surface area contributed by atoms with Crippen molar-refractivity contribution in [2.24, 2.45) is 0 Å². The lowest BCUT2D eigenvalue weighted by atomic mass is 10.0. The second kappa shape index (κ2) is 6.64. The van der Waals surface area contributed by atoms with Crippen LogP contribution in [0.1, 0.15) is 33.9 Å². The molecule has 0 saturated carbocycles. The highest BCUT2D eigenvalue weighted by atomic mass is 32.2. The highest BCUT2D eigenvalue weighted by molar-refractivity contribution is 7.99. The smallest absolute Gasteiger partial charge is 0.187 e. The number of thioether (sulfide) groups is 1. The van der Waals surface area contributed by atoms with E-state index < -0.39 is 5.92 Å². The van der Waals surface area contributed by atoms with Gasteiger partial charge in [0, 0.05) is 22.8 Å². The van der Waals surface area contributed by atoms with E-state index in [9.17, 15) is 10.1 Å². The van der Waals surface area contributed by atoms with Gasteiger partial charge in [-0.15, -0.1) is 23.1 Å². The first kappa shape index (κ1) is 14.7. The number of aromatic nitrogens is 2. The van der Waals surface area contributed by atoms with E-state index in [2.05, 4.69) is 16.0 Å². The van der Waals surface area contributed by atoms with E-state index in [0.717, 1.165) is 16.5 Å². The number of nitriles is 1. The molecule has 0 saturated heterocycles. The highest BCUT2D eigenvalue weighted by Gasteiger charge is 2.24. The first-order chi connectivity index (χ1) is 9.65. The molecule has 102 valence electrons. The standard InChI is InChI=1S/C14H13N3OS2/c1-3-19-12-6-10(4-5-16-12)13(18)11(7-15)14-17-9(2)8-20-14/h4-6,8,11H,3H2,1-2H3. The Balaban J connectivity index is 2.29. The summed E-state index contributed by atoms with van der Waals surface area (Å²) in [6.07, 6.45) is 1.60. The zero-order chi connectivity index (χ0) is 14.5. The lowest BCUT2D eigenvalue weighted by Gasteiger charge is -2.06. The van der Waals surface area contributed by atoms with Crippen molar-refractivity contribution >= 4 is 28.9 Å². The Bertz CT molecular complexity index is 660. The molecule has 1 atom stereocenters. The summed E-state index contributed by atoms with van der Waals surface area (Å²) < 4.78 is 0. The average molecular weight is 303 g/mol. The van der Waals surface area contributed by atoms with Crippen LogP contribution < -0.4 is 0 Å². The van der Waals surface area contributed by atoms with Crippen molar-refractivity contribution in [3.05, 3.63) is 40.0 Å². The number of Topliss-reactive ketones (excluding diaryl/α,β-unsaturated/α-hetero) is 1. The van der Waals surface area contributed by atoms with Gasteiger partial charge in [-0.3, -0.25) is 4.79 Å². The number of thiazole rings is 1. The Kier molecular flexibility index (Phi) is 4.88. The predicted molar refractivity (Wildman–Crippen MR) is 80.2 cm³/mol. The topological polar surface area (TPSA) is 66.6 Å². The summed E-state index contributed by atoms with van der Waals surface area (Å²) in [7, 11) is 0. The number of carbonyl (C=O) groups is 1. The van der Waals surface area contributed by atoms with E-state index in [1.165, 1.54) is 11.3 Å². The number of aryl methyl sites for hydroxylation is 1. The van der Waals surface area contributed by atoms with Gasteiger partial charge in [-0.2, -0.15) is 5.26 Å². The first-order valence-electron chi connectivity index (χ1n) is 6.10. The van der Waals surface area contributed by atoms with Crippen LogP contribution in [0.4, 0.5) is 0 Å². The Hall–Kier alpha value is -1.71. The molecule has 0 fully saturated rings. The van der Waals surface area contributed by atoms with E-state index in [1.54, 1.807) is 30.1 Å². The third-order valence-electron chi connectivity index (χ3n) is 2.59. The van der Waals surface area contributed by atoms with Gasteiger partial charge in [0.1, 0.15) is 5.01 Å². The van der Waals surface area contributed by atoms with Crippen molar-refractivity contribution in [1.82, 2.24) is 9.97 Å². The molecule has 0 aromatic carbocycles. The number of hydrogen-bond acceptors (Lipinski definition) is 6. The fourth-order valence-electron chi connectivity index (χ4n) is 1.69. The summed E-state index contributed by atoms with van der Waals surface area (Å²) in [5, 5.41) is 12.5. The van der Waals surface area contributed by atoms with Crippen molar-refractivity contribution in [3.8, 4) is 6.07 Å². The minimum atomic E-state index is -0.837. The van der Waals surface area contributed by atoms with Gasteiger partial charge < -0.3 is 0 Å². The molecule has 4 nitrogen and oxygen atoms in total. The molecule has 0 aliphatic heterocycles. The van der Waals surface area contributed by atoms with Crippen molar-refractivity contribution in [1.29, 1.82) is 5.26 Å². The third-order valence-corrected chi connectivity index (χ3v) is 4.42. The van der Waals surface area contributed by atoms with Gasteiger partial charge in [-0.1, -0.05) is 6.92 Å². The lowest BCUT2D eigenvalue weighted by molar-refractivity contribution is 0.0978. The zero-order valence-electron chi connectivity index (χ0n) is 11.2. The lowest BCUT2D eigenvalue weighted by Crippen LogP contribution is -2.11. The molecule has 0 aliphatic carbocycles. The SMILES string of the molecule is CCSc1cc(C(=O)C(C#N)c2nc(C)cs2)ccn1. The molecule has 2 aromatic heterocycles. The van der Waals surface area contributed by atoms with Gasteiger partial charge in [-0.25, -0.2) is 9.97 Å². The molecule has 0 bridgehead atoms. The largest absolute Gasteiger partial charge is 0.292 e. The molecular weight excluding hydrogens is 290 g/mol. The molecule has 0 aliphatic rings. The van der Waals surface area contributed by atoms with Crippen LogP contribution >= 0.6 is 23.1 Å². The fraction of sp³-hybridized carbons (Fsp3) is 0.286. The predicted octanol–water partition coefficient (Wildman–Crippen LogP) is 3.45. The van der Waals surface area contributed by atoms with Gasteiger partial charge >= 0.3 is 0 Å². The average Bonchev–Trinajstić information content (AvgIpc) is 2.87. The van der Waals surface area contributed by atoms with E-state index in [4.69, 9.17) is 0 Å². The number of nitrogens with zero attached hydrogens (tertiary/aromatic N) is 3. The van der Waals surface area contributed by atoms with E-state index in [0.29, 0.717) is 10.6 Å². The second-order valence-corrected chi connectivity index (χ2v) is 6.24. The Morgan fingerprint density at radius 1 is 1.60 bits per heavy atom. The number of hydrogen-bond donors (Lipinski definition) is 0. The van der Waals surface area contributed by atoms with E-state index in [1.807, 2.05) is 19.2 Å². The van der Waals surface area contributed by atoms with Crippen LogP contribution in [0.15, 0.2) is 28.7 Å². The molecule has 2 aromatic rings. The summed E-state index contributed by atoms with van der Waals surface area (Å²) in [6.45, 7) is 3.87. The maximum atomic E-state index is 12.4. The van der Waals surface area contributed by atoms with Crippen LogP contribution in [0.3, 0.4) is 0 Å². The molecule has 0 radical (unpaired) electrons. The molecule has 1 unspecified atom stereocenters. The maximum absolute atomic E-state index is 12.4. The van der Waals surface area contributed by atoms with Crippen LogP contribution in [0.2, 0.25) is 0 Å². The highest BCUT2D eigenvalue weighted by Crippen LogP contribution is 2.25.